The molecule has 0 atom stereocenters. The van der Waals surface area contributed by atoms with Crippen LogP contribution in [0.3, 0.4) is 0 Å². The van der Waals surface area contributed by atoms with E-state index in [4.69, 9.17) is 9.47 Å². The molecule has 0 aliphatic carbocycles. The molecular weight excluding hydrogens is 310 g/mol. The minimum atomic E-state index is -0.486. The van der Waals surface area contributed by atoms with Crippen molar-refractivity contribution in [2.75, 3.05) is 19.7 Å². The summed E-state index contributed by atoms with van der Waals surface area (Å²) in [5.41, 5.74) is -0.133. The normalized spacial score (nSPS) is 15.9. The second kappa shape index (κ2) is 7.59. The molecule has 2 heterocycles. The van der Waals surface area contributed by atoms with Crippen LogP contribution in [0.2, 0.25) is 0 Å². The van der Waals surface area contributed by atoms with Crippen LogP contribution in [0.25, 0.3) is 0 Å². The Morgan fingerprint density at radius 2 is 1.79 bits per heavy atom. The predicted octanol–water partition coefficient (Wildman–Crippen LogP) is 2.77. The highest BCUT2D eigenvalue weighted by atomic mass is 16.6. The van der Waals surface area contributed by atoms with Gasteiger partial charge in [0.25, 0.3) is 0 Å². The Bertz CT molecular complexity index is 572. The molecule has 7 heteroatoms. The third-order valence-corrected chi connectivity index (χ3v) is 3.69. The van der Waals surface area contributed by atoms with E-state index in [1.165, 1.54) is 12.4 Å². The molecule has 0 bridgehead atoms. The summed E-state index contributed by atoms with van der Waals surface area (Å²) in [4.78, 5) is 34.0. The van der Waals surface area contributed by atoms with E-state index in [2.05, 4.69) is 9.97 Å². The van der Waals surface area contributed by atoms with Crippen molar-refractivity contribution in [1.29, 1.82) is 0 Å². The Kier molecular flexibility index (Phi) is 5.75. The standard InChI is InChI=1S/C17H25N3O4/c1-5-23-15(21)13-10-18-14(19-11-13)12-6-8-20(9-7-12)16(22)24-17(2,3)4/h10-12H,5-9H2,1-4H3. The number of piperidine rings is 1. The highest BCUT2D eigenvalue weighted by Gasteiger charge is 2.28. The first-order valence-corrected chi connectivity index (χ1v) is 8.27. The molecule has 1 fully saturated rings. The zero-order chi connectivity index (χ0) is 17.7. The van der Waals surface area contributed by atoms with E-state index in [1.54, 1.807) is 11.8 Å². The van der Waals surface area contributed by atoms with Crippen molar-refractivity contribution in [3.8, 4) is 0 Å². The van der Waals surface area contributed by atoms with E-state index in [0.29, 0.717) is 31.1 Å². The summed E-state index contributed by atoms with van der Waals surface area (Å²) in [5.74, 6) is 0.468. The van der Waals surface area contributed by atoms with Crippen molar-refractivity contribution < 1.29 is 19.1 Å². The lowest BCUT2D eigenvalue weighted by Crippen LogP contribution is -2.41. The summed E-state index contributed by atoms with van der Waals surface area (Å²) >= 11 is 0. The molecule has 1 saturated heterocycles. The lowest BCUT2D eigenvalue weighted by Gasteiger charge is -2.32. The van der Waals surface area contributed by atoms with Gasteiger partial charge in [0.1, 0.15) is 11.4 Å². The number of carbonyl (C=O) groups excluding carboxylic acids is 2. The fourth-order valence-corrected chi connectivity index (χ4v) is 2.52. The number of carbonyl (C=O) groups is 2. The molecule has 0 N–H and O–H groups in total. The van der Waals surface area contributed by atoms with Gasteiger partial charge < -0.3 is 14.4 Å². The van der Waals surface area contributed by atoms with Crippen LogP contribution in [0.5, 0.6) is 0 Å². The van der Waals surface area contributed by atoms with Gasteiger partial charge in [-0.15, -0.1) is 0 Å². The van der Waals surface area contributed by atoms with E-state index in [-0.39, 0.29) is 12.0 Å². The van der Waals surface area contributed by atoms with E-state index in [9.17, 15) is 9.59 Å². The fourth-order valence-electron chi connectivity index (χ4n) is 2.52. The topological polar surface area (TPSA) is 81.6 Å². The molecule has 1 aliphatic heterocycles. The predicted molar refractivity (Wildman–Crippen MR) is 87.8 cm³/mol. The highest BCUT2D eigenvalue weighted by molar-refractivity contribution is 5.88. The van der Waals surface area contributed by atoms with Crippen LogP contribution in [0.4, 0.5) is 4.79 Å². The summed E-state index contributed by atoms with van der Waals surface area (Å²) in [6.45, 7) is 8.88. The SMILES string of the molecule is CCOC(=O)c1cnc(C2CCN(C(=O)OC(C)(C)C)CC2)nc1. The molecule has 1 aromatic heterocycles. The molecular formula is C17H25N3O4. The molecule has 1 aromatic rings. The molecule has 132 valence electrons. The van der Waals surface area contributed by atoms with Crippen LogP contribution in [0, 0.1) is 0 Å². The van der Waals surface area contributed by atoms with Gasteiger partial charge >= 0.3 is 12.1 Å². The Labute approximate surface area is 142 Å². The molecule has 7 nitrogen and oxygen atoms in total. The van der Waals surface area contributed by atoms with Gasteiger partial charge in [0, 0.05) is 31.4 Å². The number of hydrogen-bond donors (Lipinski definition) is 0. The minimum absolute atomic E-state index is 0.180. The Hall–Kier alpha value is -2.18. The number of aromatic nitrogens is 2. The van der Waals surface area contributed by atoms with Crippen LogP contribution in [-0.2, 0) is 9.47 Å². The first-order valence-electron chi connectivity index (χ1n) is 8.27. The maximum absolute atomic E-state index is 12.1. The first kappa shape index (κ1) is 18.2. The van der Waals surface area contributed by atoms with Gasteiger partial charge in [0.2, 0.25) is 0 Å². The Balaban J connectivity index is 1.90. The Morgan fingerprint density at radius 3 is 2.29 bits per heavy atom. The number of nitrogens with zero attached hydrogens (tertiary/aromatic N) is 3. The van der Waals surface area contributed by atoms with E-state index in [1.807, 2.05) is 20.8 Å². The number of esters is 1. The first-order chi connectivity index (χ1) is 11.3. The lowest BCUT2D eigenvalue weighted by atomic mass is 9.96. The second-order valence-corrected chi connectivity index (χ2v) is 6.79. The summed E-state index contributed by atoms with van der Waals surface area (Å²) in [5, 5.41) is 0. The van der Waals surface area contributed by atoms with Gasteiger partial charge in [-0.2, -0.15) is 0 Å². The molecule has 1 aliphatic rings. The van der Waals surface area contributed by atoms with E-state index in [0.717, 1.165) is 12.8 Å². The van der Waals surface area contributed by atoms with E-state index < -0.39 is 11.6 Å². The number of likely N-dealkylation sites (tertiary alicyclic amines) is 1. The summed E-state index contributed by atoms with van der Waals surface area (Å²) in [6, 6.07) is 0. The molecule has 0 saturated carbocycles. The highest BCUT2D eigenvalue weighted by Crippen LogP contribution is 2.26. The van der Waals surface area contributed by atoms with Gasteiger partial charge in [0.15, 0.2) is 0 Å². The summed E-state index contributed by atoms with van der Waals surface area (Å²) < 4.78 is 10.3. The van der Waals surface area contributed by atoms with Crippen LogP contribution in [-0.4, -0.2) is 52.2 Å². The zero-order valence-corrected chi connectivity index (χ0v) is 14.7. The zero-order valence-electron chi connectivity index (χ0n) is 14.7. The van der Waals surface area contributed by atoms with Crippen molar-refractivity contribution in [2.45, 2.75) is 52.1 Å². The van der Waals surface area contributed by atoms with Crippen molar-refractivity contribution in [2.24, 2.45) is 0 Å². The molecule has 0 radical (unpaired) electrons. The largest absolute Gasteiger partial charge is 0.462 e. The van der Waals surface area contributed by atoms with Crippen LogP contribution < -0.4 is 0 Å². The number of ether oxygens (including phenoxy) is 2. The van der Waals surface area contributed by atoms with Gasteiger partial charge in [-0.3, -0.25) is 0 Å². The van der Waals surface area contributed by atoms with Crippen molar-refractivity contribution in [1.82, 2.24) is 14.9 Å². The fraction of sp³-hybridized carbons (Fsp3) is 0.647. The van der Waals surface area contributed by atoms with Gasteiger partial charge in [0.05, 0.1) is 12.2 Å². The molecule has 0 aromatic carbocycles. The average molecular weight is 335 g/mol. The number of amides is 1. The van der Waals surface area contributed by atoms with Crippen molar-refractivity contribution in [3.63, 3.8) is 0 Å². The number of rotatable bonds is 3. The maximum atomic E-state index is 12.1. The minimum Gasteiger partial charge on any atom is -0.462 e. The molecule has 24 heavy (non-hydrogen) atoms. The van der Waals surface area contributed by atoms with Crippen LogP contribution >= 0.6 is 0 Å². The molecule has 0 unspecified atom stereocenters. The summed E-state index contributed by atoms with van der Waals surface area (Å²) in [6.07, 6.45) is 4.27. The van der Waals surface area contributed by atoms with Gasteiger partial charge in [-0.05, 0) is 40.5 Å². The molecule has 1 amide bonds. The third kappa shape index (κ3) is 4.91. The average Bonchev–Trinajstić information content (AvgIpc) is 2.54. The second-order valence-electron chi connectivity index (χ2n) is 6.79. The summed E-state index contributed by atoms with van der Waals surface area (Å²) in [7, 11) is 0. The van der Waals surface area contributed by atoms with Gasteiger partial charge in [-0.1, -0.05) is 0 Å². The van der Waals surface area contributed by atoms with Crippen molar-refractivity contribution in [3.05, 3.63) is 23.8 Å². The lowest BCUT2D eigenvalue weighted by molar-refractivity contribution is 0.0202. The van der Waals surface area contributed by atoms with E-state index >= 15 is 0 Å². The smallest absolute Gasteiger partial charge is 0.410 e. The third-order valence-electron chi connectivity index (χ3n) is 3.69. The maximum Gasteiger partial charge on any atom is 0.410 e. The number of hydrogen-bond acceptors (Lipinski definition) is 6. The quantitative estimate of drug-likeness (QED) is 0.790. The molecule has 2 rings (SSSR count). The van der Waals surface area contributed by atoms with Crippen molar-refractivity contribution >= 4 is 12.1 Å². The van der Waals surface area contributed by atoms with Gasteiger partial charge in [-0.25, -0.2) is 19.6 Å². The van der Waals surface area contributed by atoms with Crippen LogP contribution in [0.15, 0.2) is 12.4 Å². The van der Waals surface area contributed by atoms with Crippen LogP contribution in [0.1, 0.15) is 62.6 Å². The Morgan fingerprint density at radius 1 is 1.21 bits per heavy atom. The monoisotopic (exact) mass is 335 g/mol. The molecule has 0 spiro atoms.